The van der Waals surface area contributed by atoms with Crippen molar-refractivity contribution in [2.24, 2.45) is 0 Å². The average Bonchev–Trinajstić information content (AvgIpc) is 1.56. The minimum absolute atomic E-state index is 0.944. The number of alkyl halides is 6. The predicted molar refractivity (Wildman–Crippen MR) is 30.6 cm³/mol. The maximum absolute atomic E-state index is 11.5. The summed E-state index contributed by atoms with van der Waals surface area (Å²) >= 11 is -1.42. The van der Waals surface area contributed by atoms with E-state index in [-0.39, 0.29) is 0 Å². The Balaban J connectivity index is 4.43. The summed E-state index contributed by atoms with van der Waals surface area (Å²) in [6, 6.07) is 0. The zero-order chi connectivity index (χ0) is 9.28. The van der Waals surface area contributed by atoms with Gasteiger partial charge in [-0.2, -0.15) is 0 Å². The van der Waals surface area contributed by atoms with Gasteiger partial charge in [-0.15, -0.1) is 0 Å². The van der Waals surface area contributed by atoms with Gasteiger partial charge < -0.3 is 0 Å². The Hall–Kier alpha value is 0.529. The van der Waals surface area contributed by atoms with Crippen molar-refractivity contribution in [1.29, 1.82) is 0 Å². The Labute approximate surface area is 65.9 Å². The summed E-state index contributed by atoms with van der Waals surface area (Å²) in [5.74, 6) is -9.22. The fourth-order valence-corrected chi connectivity index (χ4v) is 3.66. The first-order valence-electron chi connectivity index (χ1n) is 2.17. The van der Waals surface area contributed by atoms with Crippen LogP contribution in [0, 0.1) is 0 Å². The predicted octanol–water partition coefficient (Wildman–Crippen LogP) is 3.18. The maximum atomic E-state index is 11.5. The number of hydrogen-bond donors (Lipinski definition) is 0. The van der Waals surface area contributed by atoms with Crippen molar-refractivity contribution < 1.29 is 26.3 Å². The third-order valence-electron chi connectivity index (χ3n) is 0.643. The van der Waals surface area contributed by atoms with Crippen LogP contribution in [0.25, 0.3) is 0 Å². The molecule has 0 aromatic rings. The van der Waals surface area contributed by atoms with Crippen molar-refractivity contribution in [2.75, 3.05) is 0 Å². The van der Waals surface area contributed by atoms with Crippen LogP contribution in [0.2, 0.25) is 5.82 Å². The van der Waals surface area contributed by atoms with E-state index in [0.717, 1.165) is 5.82 Å². The summed E-state index contributed by atoms with van der Waals surface area (Å²) in [5, 5.41) is 0. The Morgan fingerprint density at radius 2 is 1.18 bits per heavy atom. The van der Waals surface area contributed by atoms with E-state index in [1.165, 1.54) is 0 Å². The average molecular weight is 263 g/mol. The fraction of sp³-hybridized carbons (Fsp3) is 1.00. The molecule has 0 saturated carbocycles. The Morgan fingerprint density at radius 1 is 0.909 bits per heavy atom. The van der Waals surface area contributed by atoms with Crippen LogP contribution in [0.4, 0.5) is 26.3 Å². The van der Waals surface area contributed by atoms with E-state index in [1.54, 1.807) is 0 Å². The second kappa shape index (κ2) is 3.50. The molecule has 0 bridgehead atoms. The molecule has 0 amide bonds. The van der Waals surface area contributed by atoms with Crippen LogP contribution in [0.1, 0.15) is 0 Å². The van der Waals surface area contributed by atoms with E-state index >= 15 is 0 Å². The molecule has 0 saturated heterocycles. The van der Waals surface area contributed by atoms with Crippen LogP contribution in [0.5, 0.6) is 0 Å². The molecule has 0 spiro atoms. The third-order valence-corrected chi connectivity index (χ3v) is 6.83. The Kier molecular flexibility index (Phi) is 3.67. The summed E-state index contributed by atoms with van der Waals surface area (Å²) < 4.78 is 69.2. The van der Waals surface area contributed by atoms with Crippen LogP contribution in [-0.4, -0.2) is 26.3 Å². The fourth-order valence-electron chi connectivity index (χ4n) is 0.351. The first-order valence-corrected chi connectivity index (χ1v) is 7.44. The first kappa shape index (κ1) is 11.5. The van der Waals surface area contributed by atoms with Gasteiger partial charge in [0.25, 0.3) is 0 Å². The van der Waals surface area contributed by atoms with E-state index in [1.807, 2.05) is 0 Å². The van der Waals surface area contributed by atoms with Gasteiger partial charge in [-0.1, -0.05) is 0 Å². The molecule has 0 rings (SSSR count). The molecular weight excluding hydrogens is 260 g/mol. The molecule has 0 heterocycles. The van der Waals surface area contributed by atoms with Crippen molar-refractivity contribution in [3.8, 4) is 0 Å². The van der Waals surface area contributed by atoms with E-state index < -0.39 is 33.0 Å². The quantitative estimate of drug-likeness (QED) is 0.387. The van der Waals surface area contributed by atoms with Crippen LogP contribution in [0.15, 0.2) is 0 Å². The van der Waals surface area contributed by atoms with Crippen LogP contribution in [-0.2, 0) is 0 Å². The number of rotatable bonds is 1. The first-order chi connectivity index (χ1) is 4.69. The molecule has 0 nitrogen and oxygen atoms in total. The summed E-state index contributed by atoms with van der Waals surface area (Å²) in [7, 11) is 0. The van der Waals surface area contributed by atoms with E-state index in [9.17, 15) is 26.3 Å². The second-order valence-electron chi connectivity index (χ2n) is 1.41. The van der Waals surface area contributed by atoms with Gasteiger partial charge in [-0.3, -0.25) is 0 Å². The second-order valence-corrected chi connectivity index (χ2v) is 7.98. The molecular formula is C3H3F6PSe. The van der Waals surface area contributed by atoms with Gasteiger partial charge in [0, 0.05) is 0 Å². The summed E-state index contributed by atoms with van der Waals surface area (Å²) in [6.07, 6.45) is 0. The summed E-state index contributed by atoms with van der Waals surface area (Å²) in [5.41, 5.74) is 0. The molecule has 0 aliphatic carbocycles. The van der Waals surface area contributed by atoms with Gasteiger partial charge in [0.15, 0.2) is 0 Å². The zero-order valence-electron chi connectivity index (χ0n) is 5.12. The minimum atomic E-state index is -5.08. The van der Waals surface area contributed by atoms with E-state index in [0.29, 0.717) is 0 Å². The molecule has 11 heavy (non-hydrogen) atoms. The number of halogens is 6. The SMILES string of the molecule is C[Se]P(C(F)(F)F)C(F)(F)F. The molecule has 0 aromatic carbocycles. The van der Waals surface area contributed by atoms with E-state index in [4.69, 9.17) is 0 Å². The standard InChI is InChI=1S/C3H3F6PSe/c1-11-10(2(4,5)6)3(7,8)9/h1H3. The Bertz CT molecular complexity index is 113. The molecule has 0 aromatic heterocycles. The molecule has 0 fully saturated rings. The van der Waals surface area contributed by atoms with Gasteiger partial charge in [0.05, 0.1) is 0 Å². The normalized spacial score (nSPS) is 14.2. The number of hydrogen-bond acceptors (Lipinski definition) is 0. The molecule has 0 unspecified atom stereocenters. The Morgan fingerprint density at radius 3 is 1.18 bits per heavy atom. The van der Waals surface area contributed by atoms with Crippen molar-refractivity contribution in [2.45, 2.75) is 17.7 Å². The molecule has 68 valence electrons. The molecule has 0 N–H and O–H groups in total. The molecule has 0 radical (unpaired) electrons. The monoisotopic (exact) mass is 264 g/mol. The van der Waals surface area contributed by atoms with Gasteiger partial charge in [0.2, 0.25) is 0 Å². The van der Waals surface area contributed by atoms with Gasteiger partial charge in [-0.05, 0) is 0 Å². The van der Waals surface area contributed by atoms with Gasteiger partial charge >= 0.3 is 65.1 Å². The van der Waals surface area contributed by atoms with Crippen molar-refractivity contribution >= 4 is 21.1 Å². The van der Waals surface area contributed by atoms with Crippen LogP contribution >= 0.6 is 6.61 Å². The molecule has 0 aliphatic rings. The van der Waals surface area contributed by atoms with Crippen molar-refractivity contribution in [3.05, 3.63) is 0 Å². The zero-order valence-corrected chi connectivity index (χ0v) is 7.73. The molecule has 8 heteroatoms. The van der Waals surface area contributed by atoms with Gasteiger partial charge in [0.1, 0.15) is 0 Å². The van der Waals surface area contributed by atoms with Gasteiger partial charge in [-0.25, -0.2) is 0 Å². The van der Waals surface area contributed by atoms with Crippen molar-refractivity contribution in [1.82, 2.24) is 0 Å². The topological polar surface area (TPSA) is 0 Å². The van der Waals surface area contributed by atoms with E-state index in [2.05, 4.69) is 0 Å². The third kappa shape index (κ3) is 3.63. The van der Waals surface area contributed by atoms with Crippen LogP contribution < -0.4 is 0 Å². The van der Waals surface area contributed by atoms with Crippen molar-refractivity contribution in [3.63, 3.8) is 0 Å². The van der Waals surface area contributed by atoms with Crippen LogP contribution in [0.3, 0.4) is 0 Å². The molecule has 0 aliphatic heterocycles. The molecule has 0 atom stereocenters. The summed E-state index contributed by atoms with van der Waals surface area (Å²) in [6.45, 7) is -3.78. The summed E-state index contributed by atoms with van der Waals surface area (Å²) in [4.78, 5) is 0.